The Morgan fingerprint density at radius 2 is 2.29 bits per heavy atom. The van der Waals surface area contributed by atoms with E-state index in [1.807, 2.05) is 0 Å². The zero-order valence-electron chi connectivity index (χ0n) is 9.99. The van der Waals surface area contributed by atoms with Gasteiger partial charge in [0, 0.05) is 5.56 Å². The SMILES string of the molecule is COc1ccc(F)cc1[C@@H]1CCC(CCN)O1. The van der Waals surface area contributed by atoms with Gasteiger partial charge in [-0.1, -0.05) is 0 Å². The van der Waals surface area contributed by atoms with E-state index in [1.165, 1.54) is 12.1 Å². The Balaban J connectivity index is 2.14. The number of rotatable bonds is 4. The Morgan fingerprint density at radius 3 is 3.00 bits per heavy atom. The fraction of sp³-hybridized carbons (Fsp3) is 0.538. The molecule has 1 saturated heterocycles. The van der Waals surface area contributed by atoms with Crippen LogP contribution in [0.1, 0.15) is 30.9 Å². The molecule has 1 aromatic rings. The first-order chi connectivity index (χ1) is 8.24. The second-order valence-corrected chi connectivity index (χ2v) is 4.29. The van der Waals surface area contributed by atoms with Crippen LogP contribution in [0.25, 0.3) is 0 Å². The third-order valence-corrected chi connectivity index (χ3v) is 3.13. The molecule has 3 nitrogen and oxygen atoms in total. The number of nitrogens with two attached hydrogens (primary N) is 1. The van der Waals surface area contributed by atoms with E-state index in [0.29, 0.717) is 12.3 Å². The molecule has 2 atom stereocenters. The summed E-state index contributed by atoms with van der Waals surface area (Å²) in [5.74, 6) is 0.427. The summed E-state index contributed by atoms with van der Waals surface area (Å²) in [5, 5.41) is 0. The van der Waals surface area contributed by atoms with Crippen LogP contribution < -0.4 is 10.5 Å². The van der Waals surface area contributed by atoms with Crippen LogP contribution in [-0.4, -0.2) is 19.8 Å². The van der Waals surface area contributed by atoms with Crippen LogP contribution in [-0.2, 0) is 4.74 Å². The quantitative estimate of drug-likeness (QED) is 0.877. The number of hydrogen-bond acceptors (Lipinski definition) is 3. The number of halogens is 1. The van der Waals surface area contributed by atoms with Gasteiger partial charge in [0.2, 0.25) is 0 Å². The van der Waals surface area contributed by atoms with Gasteiger partial charge in [-0.25, -0.2) is 4.39 Å². The maximum atomic E-state index is 13.3. The largest absolute Gasteiger partial charge is 0.496 e. The molecule has 1 aromatic carbocycles. The van der Waals surface area contributed by atoms with Crippen LogP contribution >= 0.6 is 0 Å². The van der Waals surface area contributed by atoms with Crippen molar-refractivity contribution >= 4 is 0 Å². The van der Waals surface area contributed by atoms with Crippen molar-refractivity contribution < 1.29 is 13.9 Å². The van der Waals surface area contributed by atoms with Crippen molar-refractivity contribution in [1.29, 1.82) is 0 Å². The van der Waals surface area contributed by atoms with Gasteiger partial charge in [-0.3, -0.25) is 0 Å². The summed E-state index contributed by atoms with van der Waals surface area (Å²) in [7, 11) is 1.59. The topological polar surface area (TPSA) is 44.5 Å². The first kappa shape index (κ1) is 12.3. The summed E-state index contributed by atoms with van der Waals surface area (Å²) >= 11 is 0. The summed E-state index contributed by atoms with van der Waals surface area (Å²) in [6.45, 7) is 0.623. The van der Waals surface area contributed by atoms with E-state index >= 15 is 0 Å². The Bertz CT molecular complexity index is 384. The molecule has 2 N–H and O–H groups in total. The minimum atomic E-state index is -0.258. The molecule has 0 aliphatic carbocycles. The predicted molar refractivity (Wildman–Crippen MR) is 63.5 cm³/mol. The molecule has 0 aromatic heterocycles. The first-order valence-corrected chi connectivity index (χ1v) is 5.93. The van der Waals surface area contributed by atoms with E-state index in [0.717, 1.165) is 24.8 Å². The van der Waals surface area contributed by atoms with Crippen LogP contribution in [0.2, 0.25) is 0 Å². The monoisotopic (exact) mass is 239 g/mol. The van der Waals surface area contributed by atoms with Crippen molar-refractivity contribution in [3.8, 4) is 5.75 Å². The molecule has 0 radical (unpaired) electrons. The summed E-state index contributed by atoms with van der Waals surface area (Å²) in [5.41, 5.74) is 6.31. The molecular weight excluding hydrogens is 221 g/mol. The molecule has 1 fully saturated rings. The van der Waals surface area contributed by atoms with Gasteiger partial charge in [-0.15, -0.1) is 0 Å². The summed E-state index contributed by atoms with van der Waals surface area (Å²) < 4.78 is 24.3. The van der Waals surface area contributed by atoms with Crippen LogP contribution in [0.5, 0.6) is 5.75 Å². The minimum Gasteiger partial charge on any atom is -0.496 e. The van der Waals surface area contributed by atoms with Gasteiger partial charge < -0.3 is 15.2 Å². The second-order valence-electron chi connectivity index (χ2n) is 4.29. The number of methoxy groups -OCH3 is 1. The molecule has 0 spiro atoms. The molecule has 1 unspecified atom stereocenters. The van der Waals surface area contributed by atoms with Crippen LogP contribution in [0.3, 0.4) is 0 Å². The van der Waals surface area contributed by atoms with Gasteiger partial charge in [-0.05, 0) is 44.0 Å². The summed E-state index contributed by atoms with van der Waals surface area (Å²) in [6.07, 6.45) is 2.84. The van der Waals surface area contributed by atoms with Gasteiger partial charge in [0.05, 0.1) is 19.3 Å². The molecule has 1 aliphatic rings. The van der Waals surface area contributed by atoms with Crippen molar-refractivity contribution in [3.05, 3.63) is 29.6 Å². The van der Waals surface area contributed by atoms with Crippen LogP contribution in [0.4, 0.5) is 4.39 Å². The van der Waals surface area contributed by atoms with Gasteiger partial charge in [0.15, 0.2) is 0 Å². The lowest BCUT2D eigenvalue weighted by Gasteiger charge is -2.16. The highest BCUT2D eigenvalue weighted by molar-refractivity contribution is 5.36. The highest BCUT2D eigenvalue weighted by atomic mass is 19.1. The van der Waals surface area contributed by atoms with Gasteiger partial charge >= 0.3 is 0 Å². The Hall–Kier alpha value is -1.13. The molecule has 0 saturated carbocycles. The van der Waals surface area contributed by atoms with Gasteiger partial charge in [0.25, 0.3) is 0 Å². The summed E-state index contributed by atoms with van der Waals surface area (Å²) in [6, 6.07) is 4.53. The van der Waals surface area contributed by atoms with E-state index in [1.54, 1.807) is 13.2 Å². The third-order valence-electron chi connectivity index (χ3n) is 3.13. The smallest absolute Gasteiger partial charge is 0.124 e. The molecule has 2 rings (SSSR count). The average Bonchev–Trinajstić information content (AvgIpc) is 2.78. The first-order valence-electron chi connectivity index (χ1n) is 5.93. The maximum Gasteiger partial charge on any atom is 0.124 e. The number of benzene rings is 1. The predicted octanol–water partition coefficient (Wildman–Crippen LogP) is 2.40. The Morgan fingerprint density at radius 1 is 1.47 bits per heavy atom. The fourth-order valence-electron chi connectivity index (χ4n) is 2.29. The van der Waals surface area contributed by atoms with Crippen molar-refractivity contribution in [3.63, 3.8) is 0 Å². The van der Waals surface area contributed by atoms with E-state index in [2.05, 4.69) is 0 Å². The van der Waals surface area contributed by atoms with Crippen LogP contribution in [0.15, 0.2) is 18.2 Å². The second kappa shape index (κ2) is 5.47. The van der Waals surface area contributed by atoms with Crippen molar-refractivity contribution in [2.75, 3.05) is 13.7 Å². The van der Waals surface area contributed by atoms with E-state index in [9.17, 15) is 4.39 Å². The molecule has 0 bridgehead atoms. The third kappa shape index (κ3) is 2.76. The molecule has 94 valence electrons. The number of hydrogen-bond donors (Lipinski definition) is 1. The Labute approximate surface area is 101 Å². The average molecular weight is 239 g/mol. The minimum absolute atomic E-state index is 0.0720. The maximum absolute atomic E-state index is 13.3. The van der Waals surface area contributed by atoms with E-state index in [4.69, 9.17) is 15.2 Å². The lowest BCUT2D eigenvalue weighted by Crippen LogP contribution is -2.13. The normalized spacial score (nSPS) is 23.9. The number of ether oxygens (including phenoxy) is 2. The lowest BCUT2D eigenvalue weighted by molar-refractivity contribution is 0.0400. The zero-order valence-corrected chi connectivity index (χ0v) is 9.99. The van der Waals surface area contributed by atoms with Gasteiger partial charge in [-0.2, -0.15) is 0 Å². The van der Waals surface area contributed by atoms with Crippen molar-refractivity contribution in [1.82, 2.24) is 0 Å². The van der Waals surface area contributed by atoms with E-state index < -0.39 is 0 Å². The molecular formula is C13H18FNO2. The van der Waals surface area contributed by atoms with Crippen molar-refractivity contribution in [2.45, 2.75) is 31.5 Å². The fourth-order valence-corrected chi connectivity index (χ4v) is 2.29. The molecule has 4 heteroatoms. The van der Waals surface area contributed by atoms with E-state index in [-0.39, 0.29) is 18.0 Å². The zero-order chi connectivity index (χ0) is 12.3. The molecule has 1 aliphatic heterocycles. The van der Waals surface area contributed by atoms with Crippen LogP contribution in [0, 0.1) is 5.82 Å². The highest BCUT2D eigenvalue weighted by Crippen LogP contribution is 2.38. The Kier molecular flexibility index (Phi) is 3.97. The molecule has 1 heterocycles. The summed E-state index contributed by atoms with van der Waals surface area (Å²) in [4.78, 5) is 0. The van der Waals surface area contributed by atoms with Crippen molar-refractivity contribution in [2.24, 2.45) is 5.73 Å². The van der Waals surface area contributed by atoms with Gasteiger partial charge in [0.1, 0.15) is 11.6 Å². The standard InChI is InChI=1S/C13H18FNO2/c1-16-12-4-2-9(14)8-11(12)13-5-3-10(17-13)6-7-15/h2,4,8,10,13H,3,5-7,15H2,1H3/t10?,13-/m0/s1. The molecule has 0 amide bonds. The highest BCUT2D eigenvalue weighted by Gasteiger charge is 2.28. The lowest BCUT2D eigenvalue weighted by atomic mass is 10.0. The molecule has 17 heavy (non-hydrogen) atoms.